The van der Waals surface area contributed by atoms with Crippen LogP contribution in [-0.4, -0.2) is 37.6 Å². The van der Waals surface area contributed by atoms with Crippen LogP contribution in [0.1, 0.15) is 35.3 Å². The van der Waals surface area contributed by atoms with E-state index in [1.165, 1.54) is 5.56 Å². The average Bonchev–Trinajstić information content (AvgIpc) is 2.33. The standard InChI is InChI=1S/C16H25NO2/c1-12(2)11-17(8-9-19-5)16(18)15-7-6-13(3)10-14(15)4/h6-7,10,12H,8-9,11H2,1-5H3. The first-order valence-electron chi connectivity index (χ1n) is 6.81. The molecule has 0 N–H and O–H groups in total. The number of hydrogen-bond donors (Lipinski definition) is 0. The quantitative estimate of drug-likeness (QED) is 0.789. The number of carbonyl (C=O) groups excluding carboxylic acids is 1. The molecule has 0 aliphatic carbocycles. The summed E-state index contributed by atoms with van der Waals surface area (Å²) in [6.45, 7) is 10.2. The zero-order chi connectivity index (χ0) is 14.4. The molecule has 0 radical (unpaired) electrons. The lowest BCUT2D eigenvalue weighted by molar-refractivity contribution is 0.0671. The van der Waals surface area contributed by atoms with Gasteiger partial charge in [0, 0.05) is 25.8 Å². The molecule has 0 aliphatic rings. The van der Waals surface area contributed by atoms with Gasteiger partial charge in [-0.2, -0.15) is 0 Å². The average molecular weight is 263 g/mol. The molecule has 19 heavy (non-hydrogen) atoms. The van der Waals surface area contributed by atoms with Crippen molar-refractivity contribution in [3.63, 3.8) is 0 Å². The van der Waals surface area contributed by atoms with Crippen molar-refractivity contribution in [3.8, 4) is 0 Å². The molecule has 1 aromatic rings. The SMILES string of the molecule is COCCN(CC(C)C)C(=O)c1ccc(C)cc1C. The predicted octanol–water partition coefficient (Wildman–Crippen LogP) is 3.05. The molecule has 0 heterocycles. The van der Waals surface area contributed by atoms with Crippen molar-refractivity contribution in [2.24, 2.45) is 5.92 Å². The van der Waals surface area contributed by atoms with Crippen LogP contribution in [-0.2, 0) is 4.74 Å². The molecule has 0 aromatic heterocycles. The van der Waals surface area contributed by atoms with E-state index in [2.05, 4.69) is 19.9 Å². The molecular weight excluding hydrogens is 238 g/mol. The number of benzene rings is 1. The second-order valence-electron chi connectivity index (χ2n) is 5.46. The molecule has 106 valence electrons. The highest BCUT2D eigenvalue weighted by atomic mass is 16.5. The van der Waals surface area contributed by atoms with Gasteiger partial charge in [0.1, 0.15) is 0 Å². The topological polar surface area (TPSA) is 29.5 Å². The van der Waals surface area contributed by atoms with Crippen molar-refractivity contribution in [1.82, 2.24) is 4.90 Å². The maximum atomic E-state index is 12.6. The summed E-state index contributed by atoms with van der Waals surface area (Å²) in [5.41, 5.74) is 3.01. The summed E-state index contributed by atoms with van der Waals surface area (Å²) >= 11 is 0. The Hall–Kier alpha value is -1.35. The van der Waals surface area contributed by atoms with Crippen molar-refractivity contribution in [3.05, 3.63) is 34.9 Å². The highest BCUT2D eigenvalue weighted by Gasteiger charge is 2.18. The summed E-state index contributed by atoms with van der Waals surface area (Å²) in [7, 11) is 1.66. The Kier molecular flexibility index (Phi) is 6.03. The Morgan fingerprint density at radius 2 is 2.00 bits per heavy atom. The van der Waals surface area contributed by atoms with E-state index in [1.807, 2.05) is 30.9 Å². The van der Waals surface area contributed by atoms with E-state index in [0.717, 1.165) is 17.7 Å². The molecule has 0 spiro atoms. The summed E-state index contributed by atoms with van der Waals surface area (Å²) in [5.74, 6) is 0.551. The van der Waals surface area contributed by atoms with E-state index < -0.39 is 0 Å². The minimum atomic E-state index is 0.100. The maximum Gasteiger partial charge on any atom is 0.254 e. The van der Waals surface area contributed by atoms with Gasteiger partial charge in [0.25, 0.3) is 5.91 Å². The fourth-order valence-corrected chi connectivity index (χ4v) is 2.14. The molecule has 0 saturated carbocycles. The zero-order valence-corrected chi connectivity index (χ0v) is 12.7. The molecule has 1 amide bonds. The van der Waals surface area contributed by atoms with Gasteiger partial charge in [0.05, 0.1) is 6.61 Å². The van der Waals surface area contributed by atoms with Gasteiger partial charge in [-0.05, 0) is 31.4 Å². The van der Waals surface area contributed by atoms with E-state index in [4.69, 9.17) is 4.74 Å². The molecule has 0 unspecified atom stereocenters. The molecule has 1 rings (SSSR count). The van der Waals surface area contributed by atoms with Gasteiger partial charge < -0.3 is 9.64 Å². The Morgan fingerprint density at radius 1 is 1.32 bits per heavy atom. The lowest BCUT2D eigenvalue weighted by Crippen LogP contribution is -2.37. The predicted molar refractivity (Wildman–Crippen MR) is 78.5 cm³/mol. The lowest BCUT2D eigenvalue weighted by Gasteiger charge is -2.25. The fourth-order valence-electron chi connectivity index (χ4n) is 2.14. The van der Waals surface area contributed by atoms with E-state index in [-0.39, 0.29) is 5.91 Å². The molecule has 0 atom stereocenters. The minimum absolute atomic E-state index is 0.100. The van der Waals surface area contributed by atoms with E-state index in [9.17, 15) is 4.79 Å². The maximum absolute atomic E-state index is 12.6. The first-order chi connectivity index (χ1) is 8.95. The number of nitrogens with zero attached hydrogens (tertiary/aromatic N) is 1. The summed E-state index contributed by atoms with van der Waals surface area (Å²) in [4.78, 5) is 14.5. The molecule has 3 heteroatoms. The van der Waals surface area contributed by atoms with Crippen LogP contribution in [0.3, 0.4) is 0 Å². The smallest absolute Gasteiger partial charge is 0.254 e. The van der Waals surface area contributed by atoms with Crippen LogP contribution in [0.15, 0.2) is 18.2 Å². The largest absolute Gasteiger partial charge is 0.383 e. The highest BCUT2D eigenvalue weighted by molar-refractivity contribution is 5.95. The zero-order valence-electron chi connectivity index (χ0n) is 12.7. The molecular formula is C16H25NO2. The van der Waals surface area contributed by atoms with Crippen LogP contribution >= 0.6 is 0 Å². The number of rotatable bonds is 6. The molecule has 0 saturated heterocycles. The van der Waals surface area contributed by atoms with Gasteiger partial charge in [0.2, 0.25) is 0 Å². The number of amides is 1. The van der Waals surface area contributed by atoms with Gasteiger partial charge in [-0.25, -0.2) is 0 Å². The summed E-state index contributed by atoms with van der Waals surface area (Å²) < 4.78 is 5.10. The highest BCUT2D eigenvalue weighted by Crippen LogP contribution is 2.14. The monoisotopic (exact) mass is 263 g/mol. The summed E-state index contributed by atoms with van der Waals surface area (Å²) in [6, 6.07) is 5.97. The van der Waals surface area contributed by atoms with Crippen LogP contribution in [0.4, 0.5) is 0 Å². The van der Waals surface area contributed by atoms with Crippen LogP contribution in [0.25, 0.3) is 0 Å². The first kappa shape index (κ1) is 15.7. The number of aryl methyl sites for hydroxylation is 2. The van der Waals surface area contributed by atoms with Crippen LogP contribution in [0, 0.1) is 19.8 Å². The van der Waals surface area contributed by atoms with Crippen molar-refractivity contribution >= 4 is 5.91 Å². The second kappa shape index (κ2) is 7.29. The number of carbonyl (C=O) groups is 1. The Bertz CT molecular complexity index is 427. The Balaban J connectivity index is 2.90. The molecule has 0 fully saturated rings. The van der Waals surface area contributed by atoms with Gasteiger partial charge in [-0.15, -0.1) is 0 Å². The van der Waals surface area contributed by atoms with Gasteiger partial charge >= 0.3 is 0 Å². The van der Waals surface area contributed by atoms with Crippen molar-refractivity contribution < 1.29 is 9.53 Å². The number of ether oxygens (including phenoxy) is 1. The Morgan fingerprint density at radius 3 is 2.53 bits per heavy atom. The third kappa shape index (κ3) is 4.67. The lowest BCUT2D eigenvalue weighted by atomic mass is 10.0. The van der Waals surface area contributed by atoms with Gasteiger partial charge in [-0.1, -0.05) is 31.5 Å². The van der Waals surface area contributed by atoms with Gasteiger partial charge in [0.15, 0.2) is 0 Å². The second-order valence-corrected chi connectivity index (χ2v) is 5.46. The van der Waals surface area contributed by atoms with Crippen LogP contribution in [0.5, 0.6) is 0 Å². The number of hydrogen-bond acceptors (Lipinski definition) is 2. The number of methoxy groups -OCH3 is 1. The van der Waals surface area contributed by atoms with Crippen LogP contribution in [0.2, 0.25) is 0 Å². The minimum Gasteiger partial charge on any atom is -0.383 e. The normalized spacial score (nSPS) is 10.8. The summed E-state index contributed by atoms with van der Waals surface area (Å²) in [6.07, 6.45) is 0. The van der Waals surface area contributed by atoms with Crippen molar-refractivity contribution in [2.45, 2.75) is 27.7 Å². The first-order valence-corrected chi connectivity index (χ1v) is 6.81. The van der Waals surface area contributed by atoms with Crippen molar-refractivity contribution in [2.75, 3.05) is 26.8 Å². The molecule has 3 nitrogen and oxygen atoms in total. The molecule has 0 aliphatic heterocycles. The Labute approximate surface area is 116 Å². The third-order valence-corrected chi connectivity index (χ3v) is 3.05. The van der Waals surface area contributed by atoms with E-state index >= 15 is 0 Å². The third-order valence-electron chi connectivity index (χ3n) is 3.05. The molecule has 1 aromatic carbocycles. The summed E-state index contributed by atoms with van der Waals surface area (Å²) in [5, 5.41) is 0. The van der Waals surface area contributed by atoms with E-state index in [0.29, 0.717) is 19.1 Å². The van der Waals surface area contributed by atoms with Gasteiger partial charge in [-0.3, -0.25) is 4.79 Å². The molecule has 0 bridgehead atoms. The van der Waals surface area contributed by atoms with E-state index in [1.54, 1.807) is 7.11 Å². The van der Waals surface area contributed by atoms with Crippen molar-refractivity contribution in [1.29, 1.82) is 0 Å². The fraction of sp³-hybridized carbons (Fsp3) is 0.562. The van der Waals surface area contributed by atoms with Crippen LogP contribution < -0.4 is 0 Å².